The lowest BCUT2D eigenvalue weighted by atomic mass is 9.98. The fraction of sp³-hybridized carbons (Fsp3) is 0.474. The summed E-state index contributed by atoms with van der Waals surface area (Å²) in [5, 5.41) is 0. The molecule has 0 aliphatic carbocycles. The topological polar surface area (TPSA) is 49.9 Å². The van der Waals surface area contributed by atoms with Crippen molar-refractivity contribution in [1.29, 1.82) is 0 Å². The maximum absolute atomic E-state index is 12.7. The normalized spacial score (nSPS) is 15.4. The maximum Gasteiger partial charge on any atom is 0.471 e. The molecule has 0 saturated carbocycles. The Balaban J connectivity index is 2.38. The molecule has 0 N–H and O–H groups in total. The van der Waals surface area contributed by atoms with E-state index in [4.69, 9.17) is 4.74 Å². The standard InChI is InChI=1S/C19H23F3N2O3/c1-4-11-27-17(25)15-12-14(23(3)18(26)19(20,21)22)5-6-16(15)24-9-7-13(2)8-10-24/h4-6,12-13H,1,7-11H2,2-3H3. The van der Waals surface area contributed by atoms with Crippen LogP contribution in [0.15, 0.2) is 30.9 Å². The average molecular weight is 384 g/mol. The lowest BCUT2D eigenvalue weighted by Crippen LogP contribution is -2.38. The number of piperidine rings is 1. The van der Waals surface area contributed by atoms with Crippen molar-refractivity contribution in [2.75, 3.05) is 36.5 Å². The molecule has 1 heterocycles. The number of halogens is 3. The van der Waals surface area contributed by atoms with E-state index in [9.17, 15) is 22.8 Å². The average Bonchev–Trinajstić information content (AvgIpc) is 2.64. The van der Waals surface area contributed by atoms with Crippen molar-refractivity contribution in [3.05, 3.63) is 36.4 Å². The monoisotopic (exact) mass is 384 g/mol. The van der Waals surface area contributed by atoms with Gasteiger partial charge in [-0.2, -0.15) is 13.2 Å². The summed E-state index contributed by atoms with van der Waals surface area (Å²) in [5.74, 6) is -2.10. The molecule has 0 bridgehead atoms. The summed E-state index contributed by atoms with van der Waals surface area (Å²) in [7, 11) is 1.02. The van der Waals surface area contributed by atoms with Gasteiger partial charge in [0.05, 0.1) is 11.3 Å². The fourth-order valence-electron chi connectivity index (χ4n) is 2.94. The van der Waals surface area contributed by atoms with E-state index < -0.39 is 18.1 Å². The SMILES string of the molecule is C=CCOC(=O)c1cc(N(C)C(=O)C(F)(F)F)ccc1N1CCC(C)CC1. The fourth-order valence-corrected chi connectivity index (χ4v) is 2.94. The van der Waals surface area contributed by atoms with Crippen LogP contribution in [0.1, 0.15) is 30.1 Å². The Labute approximate surface area is 156 Å². The first-order chi connectivity index (χ1) is 12.6. The third-order valence-corrected chi connectivity index (χ3v) is 4.59. The molecule has 1 saturated heterocycles. The minimum absolute atomic E-state index is 0.0170. The molecular weight excluding hydrogens is 361 g/mol. The van der Waals surface area contributed by atoms with Gasteiger partial charge in [0.1, 0.15) is 6.61 Å². The quantitative estimate of drug-likeness (QED) is 0.573. The van der Waals surface area contributed by atoms with Crippen molar-refractivity contribution in [3.8, 4) is 0 Å². The molecule has 0 radical (unpaired) electrons. The third kappa shape index (κ3) is 5.02. The van der Waals surface area contributed by atoms with E-state index in [0.717, 1.165) is 33.0 Å². The summed E-state index contributed by atoms with van der Waals surface area (Å²) >= 11 is 0. The molecular formula is C19H23F3N2O3. The highest BCUT2D eigenvalue weighted by Gasteiger charge is 2.42. The Morgan fingerprint density at radius 1 is 1.33 bits per heavy atom. The summed E-state index contributed by atoms with van der Waals surface area (Å²) < 4.78 is 43.2. The highest BCUT2D eigenvalue weighted by molar-refractivity contribution is 6.01. The number of esters is 1. The Morgan fingerprint density at radius 3 is 2.52 bits per heavy atom. The molecule has 1 aromatic rings. The Kier molecular flexibility index (Phi) is 6.51. The molecule has 1 aromatic carbocycles. The molecule has 0 spiro atoms. The van der Waals surface area contributed by atoms with Crippen molar-refractivity contribution in [2.24, 2.45) is 5.92 Å². The largest absolute Gasteiger partial charge is 0.471 e. The summed E-state index contributed by atoms with van der Waals surface area (Å²) in [6, 6.07) is 4.24. The van der Waals surface area contributed by atoms with Crippen LogP contribution in [-0.4, -0.2) is 44.8 Å². The van der Waals surface area contributed by atoms with Gasteiger partial charge in [-0.15, -0.1) is 0 Å². The number of rotatable bonds is 5. The van der Waals surface area contributed by atoms with Crippen molar-refractivity contribution in [1.82, 2.24) is 0 Å². The van der Waals surface area contributed by atoms with Crippen LogP contribution in [0, 0.1) is 5.92 Å². The molecule has 1 aliphatic heterocycles. The summed E-state index contributed by atoms with van der Waals surface area (Å²) in [4.78, 5) is 26.4. The van der Waals surface area contributed by atoms with Crippen LogP contribution in [0.5, 0.6) is 0 Å². The first-order valence-corrected chi connectivity index (χ1v) is 8.67. The van der Waals surface area contributed by atoms with Crippen molar-refractivity contribution >= 4 is 23.3 Å². The predicted molar refractivity (Wildman–Crippen MR) is 97.0 cm³/mol. The van der Waals surface area contributed by atoms with E-state index in [2.05, 4.69) is 13.5 Å². The number of carbonyl (C=O) groups is 2. The number of hydrogen-bond donors (Lipinski definition) is 0. The second-order valence-electron chi connectivity index (χ2n) is 6.62. The number of carbonyl (C=O) groups excluding carboxylic acids is 2. The molecule has 1 amide bonds. The number of alkyl halides is 3. The number of benzene rings is 1. The molecule has 0 aromatic heterocycles. The summed E-state index contributed by atoms with van der Waals surface area (Å²) in [6.07, 6.45) is -1.69. The van der Waals surface area contributed by atoms with Crippen molar-refractivity contribution < 1.29 is 27.5 Å². The first-order valence-electron chi connectivity index (χ1n) is 8.67. The smallest absolute Gasteiger partial charge is 0.458 e. The van der Waals surface area contributed by atoms with Gasteiger partial charge in [0, 0.05) is 25.8 Å². The Bertz CT molecular complexity index is 711. The van der Waals surface area contributed by atoms with Gasteiger partial charge >= 0.3 is 18.1 Å². The van der Waals surface area contributed by atoms with E-state index in [-0.39, 0.29) is 17.9 Å². The first kappa shape index (κ1) is 20.8. The van der Waals surface area contributed by atoms with Crippen LogP contribution in [0.3, 0.4) is 0 Å². The highest BCUT2D eigenvalue weighted by Crippen LogP contribution is 2.31. The van der Waals surface area contributed by atoms with E-state index in [1.165, 1.54) is 18.2 Å². The van der Waals surface area contributed by atoms with Crippen LogP contribution in [0.4, 0.5) is 24.5 Å². The molecule has 27 heavy (non-hydrogen) atoms. The van der Waals surface area contributed by atoms with E-state index in [0.29, 0.717) is 16.5 Å². The van der Waals surface area contributed by atoms with E-state index >= 15 is 0 Å². The Morgan fingerprint density at radius 2 is 1.96 bits per heavy atom. The zero-order valence-corrected chi connectivity index (χ0v) is 15.4. The number of hydrogen-bond acceptors (Lipinski definition) is 4. The van der Waals surface area contributed by atoms with Crippen molar-refractivity contribution in [2.45, 2.75) is 25.9 Å². The zero-order valence-electron chi connectivity index (χ0n) is 15.4. The number of ether oxygens (including phenoxy) is 1. The van der Waals surface area contributed by atoms with Crippen LogP contribution < -0.4 is 9.80 Å². The second kappa shape index (κ2) is 8.45. The van der Waals surface area contributed by atoms with Crippen molar-refractivity contribution in [3.63, 3.8) is 0 Å². The van der Waals surface area contributed by atoms with Gasteiger partial charge in [0.25, 0.3) is 0 Å². The van der Waals surface area contributed by atoms with Gasteiger partial charge in [-0.25, -0.2) is 4.79 Å². The zero-order chi connectivity index (χ0) is 20.2. The summed E-state index contributed by atoms with van der Waals surface area (Å²) in [6.45, 7) is 7.08. The van der Waals surface area contributed by atoms with E-state index in [1.807, 2.05) is 4.90 Å². The van der Waals surface area contributed by atoms with Gasteiger partial charge in [-0.1, -0.05) is 19.6 Å². The number of anilines is 2. The third-order valence-electron chi connectivity index (χ3n) is 4.59. The lowest BCUT2D eigenvalue weighted by molar-refractivity contribution is -0.170. The second-order valence-corrected chi connectivity index (χ2v) is 6.62. The van der Waals surface area contributed by atoms with Gasteiger partial charge in [0.15, 0.2) is 0 Å². The predicted octanol–water partition coefficient (Wildman–Crippen LogP) is 3.79. The van der Waals surface area contributed by atoms with Crippen LogP contribution in [0.2, 0.25) is 0 Å². The molecule has 2 rings (SSSR count). The number of amides is 1. The molecule has 8 heteroatoms. The molecule has 1 aliphatic rings. The maximum atomic E-state index is 12.7. The van der Waals surface area contributed by atoms with Crippen LogP contribution in [0.25, 0.3) is 0 Å². The van der Waals surface area contributed by atoms with Gasteiger partial charge in [-0.3, -0.25) is 4.79 Å². The van der Waals surface area contributed by atoms with Gasteiger partial charge in [-0.05, 0) is 37.0 Å². The Hall–Kier alpha value is -2.51. The molecule has 0 unspecified atom stereocenters. The number of nitrogens with zero attached hydrogens (tertiary/aromatic N) is 2. The van der Waals surface area contributed by atoms with Crippen LogP contribution in [-0.2, 0) is 9.53 Å². The molecule has 1 fully saturated rings. The highest BCUT2D eigenvalue weighted by atomic mass is 19.4. The summed E-state index contributed by atoms with van der Waals surface area (Å²) in [5.41, 5.74) is 0.690. The molecule has 0 atom stereocenters. The van der Waals surface area contributed by atoms with Gasteiger partial charge in [0.2, 0.25) is 0 Å². The minimum Gasteiger partial charge on any atom is -0.458 e. The van der Waals surface area contributed by atoms with Crippen LogP contribution >= 0.6 is 0 Å². The molecule has 148 valence electrons. The molecule has 5 nitrogen and oxygen atoms in total. The van der Waals surface area contributed by atoms with E-state index in [1.54, 1.807) is 6.07 Å². The van der Waals surface area contributed by atoms with Gasteiger partial charge < -0.3 is 14.5 Å². The lowest BCUT2D eigenvalue weighted by Gasteiger charge is -2.33. The minimum atomic E-state index is -5.00.